The molecule has 0 bridgehead atoms. The molecule has 1 atom stereocenters. The van der Waals surface area contributed by atoms with Crippen molar-refractivity contribution in [1.82, 2.24) is 9.97 Å². The highest BCUT2D eigenvalue weighted by Gasteiger charge is 2.18. The Kier molecular flexibility index (Phi) is 4.43. The third-order valence-electron chi connectivity index (χ3n) is 2.81. The Balaban J connectivity index is 2.37. The molecule has 1 aromatic heterocycles. The van der Waals surface area contributed by atoms with E-state index in [1.165, 1.54) is 0 Å². The van der Waals surface area contributed by atoms with E-state index < -0.39 is 0 Å². The predicted molar refractivity (Wildman–Crippen MR) is 74.2 cm³/mol. The minimum atomic E-state index is -0.305. The maximum atomic E-state index is 5.86. The highest BCUT2D eigenvalue weighted by atomic mass is 16.5. The molecule has 1 unspecified atom stereocenters. The summed E-state index contributed by atoms with van der Waals surface area (Å²) in [5, 5.41) is 0. The molecule has 0 aliphatic rings. The lowest BCUT2D eigenvalue weighted by molar-refractivity contribution is 0.0852. The van der Waals surface area contributed by atoms with E-state index in [0.29, 0.717) is 24.8 Å². The van der Waals surface area contributed by atoms with Gasteiger partial charge in [-0.2, -0.15) is 0 Å². The van der Waals surface area contributed by atoms with Crippen LogP contribution in [-0.2, 0) is 11.3 Å². The zero-order valence-electron chi connectivity index (χ0n) is 10.9. The number of nitrogens with zero attached hydrogens (tertiary/aromatic N) is 2. The van der Waals surface area contributed by atoms with E-state index in [4.69, 9.17) is 16.2 Å². The monoisotopic (exact) mass is 258 g/mol. The van der Waals surface area contributed by atoms with Crippen molar-refractivity contribution in [3.63, 3.8) is 0 Å². The Bertz CT molecular complexity index is 530. The van der Waals surface area contributed by atoms with Crippen LogP contribution in [0.1, 0.15) is 30.0 Å². The fraction of sp³-hybridized carbons (Fsp3) is 0.286. The van der Waals surface area contributed by atoms with Gasteiger partial charge in [-0.3, -0.25) is 0 Å². The van der Waals surface area contributed by atoms with Gasteiger partial charge < -0.3 is 16.2 Å². The van der Waals surface area contributed by atoms with Crippen molar-refractivity contribution in [3.8, 4) is 0 Å². The van der Waals surface area contributed by atoms with Crippen molar-refractivity contribution in [1.29, 1.82) is 0 Å². The summed E-state index contributed by atoms with van der Waals surface area (Å²) in [6.45, 7) is 2.84. The van der Waals surface area contributed by atoms with E-state index in [-0.39, 0.29) is 6.10 Å². The lowest BCUT2D eigenvalue weighted by Crippen LogP contribution is -2.13. The number of nitrogens with two attached hydrogens (primary N) is 2. The van der Waals surface area contributed by atoms with E-state index in [0.717, 1.165) is 11.1 Å². The molecule has 0 aliphatic carbocycles. The Hall–Kier alpha value is -1.98. The van der Waals surface area contributed by atoms with E-state index in [2.05, 4.69) is 9.97 Å². The molecule has 0 fully saturated rings. The van der Waals surface area contributed by atoms with Gasteiger partial charge in [0.1, 0.15) is 11.9 Å². The summed E-state index contributed by atoms with van der Waals surface area (Å²) in [5.74, 6) is 0.968. The van der Waals surface area contributed by atoms with Crippen LogP contribution >= 0.6 is 0 Å². The topological polar surface area (TPSA) is 87.0 Å². The molecule has 2 aromatic rings. The summed E-state index contributed by atoms with van der Waals surface area (Å²) in [6, 6.07) is 9.84. The number of rotatable bonds is 5. The summed E-state index contributed by atoms with van der Waals surface area (Å²) < 4.78 is 5.73. The van der Waals surface area contributed by atoms with E-state index in [1.54, 1.807) is 6.20 Å². The average Bonchev–Trinajstić information content (AvgIpc) is 2.45. The molecule has 5 heteroatoms. The first-order valence-corrected chi connectivity index (χ1v) is 6.24. The lowest BCUT2D eigenvalue weighted by Gasteiger charge is -2.16. The van der Waals surface area contributed by atoms with Gasteiger partial charge >= 0.3 is 0 Å². The molecule has 0 spiro atoms. The maximum Gasteiger partial charge on any atom is 0.164 e. The average molecular weight is 258 g/mol. The molecule has 5 nitrogen and oxygen atoms in total. The minimum Gasteiger partial charge on any atom is -0.383 e. The van der Waals surface area contributed by atoms with Gasteiger partial charge in [-0.05, 0) is 12.5 Å². The number of hydrogen-bond donors (Lipinski definition) is 2. The molecule has 0 radical (unpaired) electrons. The first kappa shape index (κ1) is 13.5. The van der Waals surface area contributed by atoms with Crippen LogP contribution in [-0.4, -0.2) is 16.6 Å². The van der Waals surface area contributed by atoms with Gasteiger partial charge in [-0.1, -0.05) is 30.3 Å². The Labute approximate surface area is 112 Å². The quantitative estimate of drug-likeness (QED) is 0.851. The van der Waals surface area contributed by atoms with Crippen LogP contribution < -0.4 is 11.5 Å². The third-order valence-corrected chi connectivity index (χ3v) is 2.81. The molecule has 0 saturated heterocycles. The number of aromatic nitrogens is 2. The van der Waals surface area contributed by atoms with Crippen LogP contribution in [0.5, 0.6) is 0 Å². The predicted octanol–water partition coefficient (Wildman–Crippen LogP) is 1.64. The van der Waals surface area contributed by atoms with Crippen LogP contribution in [0.25, 0.3) is 0 Å². The molecule has 0 aliphatic heterocycles. The van der Waals surface area contributed by atoms with Gasteiger partial charge in [0.25, 0.3) is 0 Å². The van der Waals surface area contributed by atoms with Gasteiger partial charge in [-0.25, -0.2) is 9.97 Å². The molecule has 4 N–H and O–H groups in total. The molecule has 0 amide bonds. The van der Waals surface area contributed by atoms with Crippen molar-refractivity contribution < 1.29 is 4.74 Å². The number of nitrogen functional groups attached to an aromatic ring is 1. The van der Waals surface area contributed by atoms with Crippen LogP contribution in [0.2, 0.25) is 0 Å². The second kappa shape index (κ2) is 6.26. The standard InChI is InChI=1S/C14H18N4O/c1-2-19-12(10-6-4-3-5-7-10)14-17-9-11(8-15)13(16)18-14/h3-7,9,12H,2,8,15H2,1H3,(H2,16,17,18). The van der Waals surface area contributed by atoms with Crippen molar-refractivity contribution >= 4 is 5.82 Å². The number of hydrogen-bond acceptors (Lipinski definition) is 5. The van der Waals surface area contributed by atoms with Gasteiger partial charge in [0.15, 0.2) is 5.82 Å². The van der Waals surface area contributed by atoms with Crippen LogP contribution in [0.15, 0.2) is 36.5 Å². The minimum absolute atomic E-state index is 0.305. The number of ether oxygens (including phenoxy) is 1. The Morgan fingerprint density at radius 3 is 2.58 bits per heavy atom. The second-order valence-corrected chi connectivity index (χ2v) is 4.09. The number of anilines is 1. The Morgan fingerprint density at radius 1 is 1.26 bits per heavy atom. The van der Waals surface area contributed by atoms with Gasteiger partial charge in [-0.15, -0.1) is 0 Å². The van der Waals surface area contributed by atoms with Gasteiger partial charge in [0, 0.05) is 24.9 Å². The highest BCUT2D eigenvalue weighted by Crippen LogP contribution is 2.24. The van der Waals surface area contributed by atoms with E-state index in [9.17, 15) is 0 Å². The smallest absolute Gasteiger partial charge is 0.164 e. The zero-order chi connectivity index (χ0) is 13.7. The molecule has 100 valence electrons. The van der Waals surface area contributed by atoms with Crippen molar-refractivity contribution in [2.75, 3.05) is 12.3 Å². The van der Waals surface area contributed by atoms with Crippen molar-refractivity contribution in [3.05, 3.63) is 53.5 Å². The largest absolute Gasteiger partial charge is 0.383 e. The fourth-order valence-electron chi connectivity index (χ4n) is 1.83. The molecule has 1 heterocycles. The van der Waals surface area contributed by atoms with Crippen LogP contribution in [0.3, 0.4) is 0 Å². The molecule has 1 aromatic carbocycles. The fourth-order valence-corrected chi connectivity index (χ4v) is 1.83. The normalized spacial score (nSPS) is 12.3. The zero-order valence-corrected chi connectivity index (χ0v) is 10.9. The third kappa shape index (κ3) is 3.07. The molecular formula is C14H18N4O. The Morgan fingerprint density at radius 2 is 2.00 bits per heavy atom. The lowest BCUT2D eigenvalue weighted by atomic mass is 10.1. The highest BCUT2D eigenvalue weighted by molar-refractivity contribution is 5.38. The van der Waals surface area contributed by atoms with Gasteiger partial charge in [0.05, 0.1) is 0 Å². The van der Waals surface area contributed by atoms with Crippen molar-refractivity contribution in [2.45, 2.75) is 19.6 Å². The van der Waals surface area contributed by atoms with E-state index in [1.807, 2.05) is 37.3 Å². The van der Waals surface area contributed by atoms with Crippen molar-refractivity contribution in [2.24, 2.45) is 5.73 Å². The van der Waals surface area contributed by atoms with E-state index >= 15 is 0 Å². The molecule has 2 rings (SSSR count). The first-order valence-electron chi connectivity index (χ1n) is 6.24. The summed E-state index contributed by atoms with van der Waals surface area (Å²) in [5.41, 5.74) is 13.2. The summed E-state index contributed by atoms with van der Waals surface area (Å²) in [7, 11) is 0. The van der Waals surface area contributed by atoms with Crippen LogP contribution in [0, 0.1) is 0 Å². The van der Waals surface area contributed by atoms with Gasteiger partial charge in [0.2, 0.25) is 0 Å². The SMILES string of the molecule is CCOC(c1ccccc1)c1ncc(CN)c(N)n1. The summed E-state index contributed by atoms with van der Waals surface area (Å²) >= 11 is 0. The number of benzene rings is 1. The molecular weight excluding hydrogens is 240 g/mol. The maximum absolute atomic E-state index is 5.86. The molecule has 0 saturated carbocycles. The second-order valence-electron chi connectivity index (χ2n) is 4.09. The molecule has 19 heavy (non-hydrogen) atoms. The summed E-state index contributed by atoms with van der Waals surface area (Å²) in [4.78, 5) is 8.61. The first-order chi connectivity index (χ1) is 9.26. The van der Waals surface area contributed by atoms with Crippen LogP contribution in [0.4, 0.5) is 5.82 Å². The summed E-state index contributed by atoms with van der Waals surface area (Å²) in [6.07, 6.45) is 1.35.